The molecule has 2 aliphatic rings. The molecular weight excluding hydrogens is 378 g/mol. The summed E-state index contributed by atoms with van der Waals surface area (Å²) < 4.78 is 5.60. The number of rotatable bonds is 8. The molecule has 1 saturated heterocycles. The molecule has 0 unspecified atom stereocenters. The largest absolute Gasteiger partial charge is 0.379 e. The van der Waals surface area contributed by atoms with Crippen LogP contribution in [0.3, 0.4) is 0 Å². The molecule has 1 aromatic rings. The summed E-state index contributed by atoms with van der Waals surface area (Å²) >= 11 is 0. The fourth-order valence-electron chi connectivity index (χ4n) is 4.23. The summed E-state index contributed by atoms with van der Waals surface area (Å²) in [6.45, 7) is 15.5. The number of carbonyl (C=O) groups excluding carboxylic acids is 2. The highest BCUT2D eigenvalue weighted by Crippen LogP contribution is 2.34. The molecule has 0 N–H and O–H groups in total. The molecular formula is C24H35N3O3. The van der Waals surface area contributed by atoms with Crippen LogP contribution in [0.15, 0.2) is 23.9 Å². The summed E-state index contributed by atoms with van der Waals surface area (Å²) in [4.78, 5) is 32.7. The molecule has 1 fully saturated rings. The topological polar surface area (TPSA) is 53.1 Å². The molecule has 0 spiro atoms. The van der Waals surface area contributed by atoms with Crippen molar-refractivity contribution in [2.24, 2.45) is 0 Å². The van der Waals surface area contributed by atoms with Crippen molar-refractivity contribution < 1.29 is 14.3 Å². The minimum Gasteiger partial charge on any atom is -0.379 e. The first-order valence-corrected chi connectivity index (χ1v) is 11.1. The van der Waals surface area contributed by atoms with E-state index in [9.17, 15) is 9.59 Å². The minimum absolute atomic E-state index is 0.143. The predicted molar refractivity (Wildman–Crippen MR) is 119 cm³/mol. The van der Waals surface area contributed by atoms with E-state index in [1.807, 2.05) is 39.8 Å². The van der Waals surface area contributed by atoms with E-state index in [1.165, 1.54) is 4.90 Å². The Balaban J connectivity index is 1.90. The Labute approximate surface area is 180 Å². The Morgan fingerprint density at radius 3 is 2.33 bits per heavy atom. The molecule has 0 aliphatic carbocycles. The summed E-state index contributed by atoms with van der Waals surface area (Å²) in [6, 6.07) is 6.07. The average molecular weight is 414 g/mol. The lowest BCUT2D eigenvalue weighted by Crippen LogP contribution is -2.47. The van der Waals surface area contributed by atoms with E-state index in [-0.39, 0.29) is 17.9 Å². The Morgan fingerprint density at radius 1 is 1.03 bits per heavy atom. The van der Waals surface area contributed by atoms with Gasteiger partial charge in [-0.05, 0) is 51.8 Å². The standard InChI is InChI=1S/C24H35N3O3/c1-6-25-11-13-26(14-12-25)22-21(20-9-8-18(4)16-19(20)5)23(28)27(24(22)29)10-7-15-30-17(2)3/h8-9,16-17H,6-7,10-15H2,1-5H3. The molecule has 2 amide bonds. The van der Waals surface area contributed by atoms with E-state index in [1.54, 1.807) is 0 Å². The normalized spacial score (nSPS) is 18.3. The van der Waals surface area contributed by atoms with Gasteiger partial charge in [0.15, 0.2) is 0 Å². The number of ether oxygens (including phenoxy) is 1. The van der Waals surface area contributed by atoms with Crippen molar-refractivity contribution in [2.75, 3.05) is 45.9 Å². The van der Waals surface area contributed by atoms with Gasteiger partial charge in [0.1, 0.15) is 5.70 Å². The average Bonchev–Trinajstić information content (AvgIpc) is 2.95. The number of carbonyl (C=O) groups is 2. The fraction of sp³-hybridized carbons (Fsp3) is 0.583. The van der Waals surface area contributed by atoms with Crippen molar-refractivity contribution in [1.29, 1.82) is 0 Å². The molecule has 164 valence electrons. The summed E-state index contributed by atoms with van der Waals surface area (Å²) in [5.74, 6) is -0.339. The van der Waals surface area contributed by atoms with E-state index in [2.05, 4.69) is 22.8 Å². The highest BCUT2D eigenvalue weighted by Gasteiger charge is 2.42. The van der Waals surface area contributed by atoms with Crippen molar-refractivity contribution >= 4 is 17.4 Å². The van der Waals surface area contributed by atoms with E-state index < -0.39 is 0 Å². The lowest BCUT2D eigenvalue weighted by Gasteiger charge is -2.36. The third-order valence-corrected chi connectivity index (χ3v) is 5.91. The van der Waals surface area contributed by atoms with E-state index in [4.69, 9.17) is 4.74 Å². The quantitative estimate of drug-likeness (QED) is 0.485. The van der Waals surface area contributed by atoms with E-state index >= 15 is 0 Å². The van der Waals surface area contributed by atoms with Crippen LogP contribution >= 0.6 is 0 Å². The monoisotopic (exact) mass is 413 g/mol. The predicted octanol–water partition coefficient (Wildman–Crippen LogP) is 2.84. The molecule has 0 radical (unpaired) electrons. The minimum atomic E-state index is -0.176. The number of nitrogens with zero attached hydrogens (tertiary/aromatic N) is 3. The maximum Gasteiger partial charge on any atom is 0.277 e. The van der Waals surface area contributed by atoms with E-state index in [0.717, 1.165) is 49.4 Å². The Bertz CT molecular complexity index is 823. The Kier molecular flexibility index (Phi) is 7.32. The number of imide groups is 1. The third-order valence-electron chi connectivity index (χ3n) is 5.91. The first-order valence-electron chi connectivity index (χ1n) is 11.1. The second-order valence-corrected chi connectivity index (χ2v) is 8.50. The van der Waals surface area contributed by atoms with E-state index in [0.29, 0.717) is 30.8 Å². The number of piperazine rings is 1. The first-order chi connectivity index (χ1) is 14.3. The van der Waals surface area contributed by atoms with Gasteiger partial charge >= 0.3 is 0 Å². The highest BCUT2D eigenvalue weighted by molar-refractivity contribution is 6.35. The van der Waals surface area contributed by atoms with Crippen molar-refractivity contribution in [3.05, 3.63) is 40.6 Å². The molecule has 30 heavy (non-hydrogen) atoms. The number of hydrogen-bond donors (Lipinski definition) is 0. The second kappa shape index (κ2) is 9.75. The van der Waals surface area contributed by atoms with Gasteiger partial charge in [0.2, 0.25) is 0 Å². The van der Waals surface area contributed by atoms with Gasteiger partial charge < -0.3 is 14.5 Å². The molecule has 2 heterocycles. The van der Waals surface area contributed by atoms with Gasteiger partial charge in [0, 0.05) is 39.3 Å². The smallest absolute Gasteiger partial charge is 0.277 e. The molecule has 2 aliphatic heterocycles. The number of amides is 2. The number of hydrogen-bond acceptors (Lipinski definition) is 5. The van der Waals surface area contributed by atoms with Crippen molar-refractivity contribution in [2.45, 2.75) is 47.1 Å². The molecule has 0 bridgehead atoms. The fourth-order valence-corrected chi connectivity index (χ4v) is 4.23. The van der Waals surface area contributed by atoms with Crippen molar-refractivity contribution in [3.8, 4) is 0 Å². The summed E-state index contributed by atoms with van der Waals surface area (Å²) in [5.41, 5.74) is 4.18. The first kappa shape index (κ1) is 22.5. The van der Waals surface area contributed by atoms with Gasteiger partial charge in [0.05, 0.1) is 11.7 Å². The number of likely N-dealkylation sites (N-methyl/N-ethyl adjacent to an activating group) is 1. The van der Waals surface area contributed by atoms with Crippen LogP contribution in [0.5, 0.6) is 0 Å². The van der Waals surface area contributed by atoms with Crippen LogP contribution in [0, 0.1) is 13.8 Å². The summed E-state index contributed by atoms with van der Waals surface area (Å²) in [5, 5.41) is 0. The lowest BCUT2D eigenvalue weighted by molar-refractivity contribution is -0.137. The van der Waals surface area contributed by atoms with Gasteiger partial charge in [-0.15, -0.1) is 0 Å². The van der Waals surface area contributed by atoms with Crippen LogP contribution in [0.1, 0.15) is 43.9 Å². The maximum absolute atomic E-state index is 13.4. The van der Waals surface area contributed by atoms with Crippen LogP contribution in [0.4, 0.5) is 0 Å². The van der Waals surface area contributed by atoms with Gasteiger partial charge in [-0.1, -0.05) is 30.7 Å². The molecule has 0 aromatic heterocycles. The maximum atomic E-state index is 13.4. The Hall–Kier alpha value is -2.18. The summed E-state index contributed by atoms with van der Waals surface area (Å²) in [7, 11) is 0. The van der Waals surface area contributed by atoms with Crippen LogP contribution in [-0.4, -0.2) is 78.5 Å². The van der Waals surface area contributed by atoms with Crippen LogP contribution in [0.25, 0.3) is 5.57 Å². The van der Waals surface area contributed by atoms with Crippen LogP contribution in [0.2, 0.25) is 0 Å². The summed E-state index contributed by atoms with van der Waals surface area (Å²) in [6.07, 6.45) is 0.788. The number of benzene rings is 1. The lowest BCUT2D eigenvalue weighted by atomic mass is 9.97. The van der Waals surface area contributed by atoms with Crippen molar-refractivity contribution in [1.82, 2.24) is 14.7 Å². The second-order valence-electron chi connectivity index (χ2n) is 8.50. The molecule has 3 rings (SSSR count). The van der Waals surface area contributed by atoms with Gasteiger partial charge in [-0.2, -0.15) is 0 Å². The molecule has 1 aromatic carbocycles. The molecule has 6 nitrogen and oxygen atoms in total. The van der Waals surface area contributed by atoms with Gasteiger partial charge in [-0.3, -0.25) is 14.5 Å². The zero-order valence-corrected chi connectivity index (χ0v) is 19.0. The molecule has 6 heteroatoms. The SMILES string of the molecule is CCN1CCN(C2=C(c3ccc(C)cc3C)C(=O)N(CCCOC(C)C)C2=O)CC1. The van der Waals surface area contributed by atoms with Gasteiger partial charge in [0.25, 0.3) is 11.8 Å². The molecule has 0 atom stereocenters. The molecule has 0 saturated carbocycles. The Morgan fingerprint density at radius 2 is 1.73 bits per heavy atom. The zero-order valence-electron chi connectivity index (χ0n) is 19.0. The zero-order chi connectivity index (χ0) is 21.8. The van der Waals surface area contributed by atoms with Crippen LogP contribution < -0.4 is 0 Å². The van der Waals surface area contributed by atoms with Crippen molar-refractivity contribution in [3.63, 3.8) is 0 Å². The van der Waals surface area contributed by atoms with Gasteiger partial charge in [-0.25, -0.2) is 0 Å². The van der Waals surface area contributed by atoms with Crippen LogP contribution in [-0.2, 0) is 14.3 Å². The number of aryl methyl sites for hydroxylation is 2. The third kappa shape index (κ3) is 4.76. The highest BCUT2D eigenvalue weighted by atomic mass is 16.5.